The molecule has 0 unspecified atom stereocenters. The van der Waals surface area contributed by atoms with Gasteiger partial charge in [-0.25, -0.2) is 0 Å². The van der Waals surface area contributed by atoms with Crippen LogP contribution in [-0.4, -0.2) is 43.6 Å². The molecule has 2 aromatic rings. The van der Waals surface area contributed by atoms with Crippen LogP contribution >= 0.6 is 0 Å². The summed E-state index contributed by atoms with van der Waals surface area (Å²) in [5, 5.41) is 3.00. The number of amides is 1. The molecule has 1 fully saturated rings. The van der Waals surface area contributed by atoms with E-state index in [1.165, 1.54) is 0 Å². The van der Waals surface area contributed by atoms with Gasteiger partial charge < -0.3 is 29.0 Å². The molecule has 0 radical (unpaired) electrons. The van der Waals surface area contributed by atoms with Gasteiger partial charge in [0.2, 0.25) is 6.79 Å². The van der Waals surface area contributed by atoms with E-state index in [0.29, 0.717) is 42.6 Å². The number of carbonyl (C=O) groups is 1. The Bertz CT molecular complexity index is 913. The van der Waals surface area contributed by atoms with E-state index in [2.05, 4.69) is 23.7 Å². The van der Waals surface area contributed by atoms with E-state index in [1.807, 2.05) is 23.6 Å². The maximum atomic E-state index is 13.2. The zero-order valence-corrected chi connectivity index (χ0v) is 16.3. The molecule has 2 aliphatic heterocycles. The summed E-state index contributed by atoms with van der Waals surface area (Å²) in [6.45, 7) is 11.7. The van der Waals surface area contributed by atoms with Gasteiger partial charge in [-0.3, -0.25) is 4.79 Å². The Morgan fingerprint density at radius 2 is 1.96 bits per heavy atom. The summed E-state index contributed by atoms with van der Waals surface area (Å²) in [4.78, 5) is 15.5. The predicted molar refractivity (Wildman–Crippen MR) is 108 cm³/mol. The number of hydrogen-bond donors (Lipinski definition) is 1. The lowest BCUT2D eigenvalue weighted by Gasteiger charge is -2.29. The highest BCUT2D eigenvalue weighted by Gasteiger charge is 2.26. The van der Waals surface area contributed by atoms with Crippen molar-refractivity contribution in [3.63, 3.8) is 0 Å². The molecular weight excluding hydrogens is 358 g/mol. The molecule has 148 valence electrons. The van der Waals surface area contributed by atoms with E-state index in [0.717, 1.165) is 30.0 Å². The summed E-state index contributed by atoms with van der Waals surface area (Å²) in [6.07, 6.45) is 1.81. The molecule has 1 amide bonds. The Kier molecular flexibility index (Phi) is 5.00. The van der Waals surface area contributed by atoms with Crippen LogP contribution in [0.5, 0.6) is 11.5 Å². The number of ether oxygens (including phenoxy) is 3. The van der Waals surface area contributed by atoms with Crippen LogP contribution in [0.25, 0.3) is 0 Å². The van der Waals surface area contributed by atoms with Crippen molar-refractivity contribution >= 4 is 17.3 Å². The third kappa shape index (κ3) is 3.22. The lowest BCUT2D eigenvalue weighted by atomic mass is 10.1. The molecule has 1 aromatic carbocycles. The number of anilines is 2. The van der Waals surface area contributed by atoms with Gasteiger partial charge >= 0.3 is 0 Å². The molecule has 0 bridgehead atoms. The highest BCUT2D eigenvalue weighted by Crippen LogP contribution is 2.35. The molecule has 3 heterocycles. The lowest BCUT2D eigenvalue weighted by Crippen LogP contribution is -2.36. The Labute approximate surface area is 164 Å². The minimum Gasteiger partial charge on any atom is -0.454 e. The minimum absolute atomic E-state index is 0.152. The topological polar surface area (TPSA) is 65.0 Å². The van der Waals surface area contributed by atoms with Crippen LogP contribution in [-0.2, 0) is 11.3 Å². The Balaban J connectivity index is 1.67. The van der Waals surface area contributed by atoms with E-state index in [9.17, 15) is 4.79 Å². The molecular formula is C21H25N3O4. The van der Waals surface area contributed by atoms with Crippen molar-refractivity contribution in [2.45, 2.75) is 20.4 Å². The number of carbonyl (C=O) groups excluding carboxylic acids is 1. The average Bonchev–Trinajstić information content (AvgIpc) is 3.25. The van der Waals surface area contributed by atoms with Crippen molar-refractivity contribution in [1.29, 1.82) is 0 Å². The fraction of sp³-hybridized carbons (Fsp3) is 0.381. The van der Waals surface area contributed by atoms with Gasteiger partial charge in [0.15, 0.2) is 11.5 Å². The van der Waals surface area contributed by atoms with Crippen LogP contribution in [0.15, 0.2) is 30.9 Å². The summed E-state index contributed by atoms with van der Waals surface area (Å²) >= 11 is 0. The van der Waals surface area contributed by atoms with Gasteiger partial charge in [0, 0.05) is 42.6 Å². The van der Waals surface area contributed by atoms with E-state index in [1.54, 1.807) is 12.1 Å². The van der Waals surface area contributed by atoms with E-state index in [4.69, 9.17) is 14.2 Å². The third-order valence-corrected chi connectivity index (χ3v) is 5.21. The molecule has 0 spiro atoms. The number of allylic oxidation sites excluding steroid dienone is 1. The molecule has 1 N–H and O–H groups in total. The van der Waals surface area contributed by atoms with Crippen molar-refractivity contribution in [1.82, 2.24) is 4.57 Å². The monoisotopic (exact) mass is 383 g/mol. The number of hydrogen-bond acceptors (Lipinski definition) is 5. The quantitative estimate of drug-likeness (QED) is 0.804. The fourth-order valence-corrected chi connectivity index (χ4v) is 3.95. The maximum Gasteiger partial charge on any atom is 0.272 e. The van der Waals surface area contributed by atoms with Crippen LogP contribution in [0, 0.1) is 13.8 Å². The zero-order chi connectivity index (χ0) is 19.7. The number of nitrogens with zero attached hydrogens (tertiary/aromatic N) is 2. The zero-order valence-electron chi connectivity index (χ0n) is 16.3. The van der Waals surface area contributed by atoms with E-state index >= 15 is 0 Å². The normalized spacial score (nSPS) is 15.6. The Morgan fingerprint density at radius 3 is 2.71 bits per heavy atom. The van der Waals surface area contributed by atoms with Crippen LogP contribution < -0.4 is 19.7 Å². The molecule has 4 rings (SSSR count). The smallest absolute Gasteiger partial charge is 0.272 e. The van der Waals surface area contributed by atoms with Crippen molar-refractivity contribution in [2.75, 3.05) is 43.3 Å². The molecule has 7 nitrogen and oxygen atoms in total. The number of rotatable bonds is 5. The lowest BCUT2D eigenvalue weighted by molar-refractivity contribution is 0.101. The predicted octanol–water partition coefficient (Wildman–Crippen LogP) is 3.11. The fourth-order valence-electron chi connectivity index (χ4n) is 3.95. The maximum absolute atomic E-state index is 13.2. The van der Waals surface area contributed by atoms with Crippen molar-refractivity contribution in [3.05, 3.63) is 47.8 Å². The number of benzene rings is 1. The highest BCUT2D eigenvalue weighted by atomic mass is 16.7. The van der Waals surface area contributed by atoms with Gasteiger partial charge in [-0.05, 0) is 26.0 Å². The molecule has 1 aromatic heterocycles. The molecule has 1 saturated heterocycles. The first-order valence-electron chi connectivity index (χ1n) is 9.44. The standard InChI is InChI=1S/C21H25N3O4/c1-4-7-24-15(3)19(23-8-10-26-11-9-23)14(2)20(24)21(25)22-16-5-6-17-18(12-16)28-13-27-17/h4-6,12H,1,7-11,13H2,2-3H3,(H,22,25). The van der Waals surface area contributed by atoms with Gasteiger partial charge in [-0.1, -0.05) is 6.08 Å². The van der Waals surface area contributed by atoms with Crippen molar-refractivity contribution < 1.29 is 19.0 Å². The number of fused-ring (bicyclic) bond motifs is 1. The van der Waals surface area contributed by atoms with E-state index in [-0.39, 0.29) is 12.7 Å². The second-order valence-corrected chi connectivity index (χ2v) is 6.93. The first kappa shape index (κ1) is 18.4. The van der Waals surface area contributed by atoms with Crippen LogP contribution in [0.1, 0.15) is 21.7 Å². The number of nitrogens with one attached hydrogen (secondary N) is 1. The average molecular weight is 383 g/mol. The first-order valence-corrected chi connectivity index (χ1v) is 9.44. The van der Waals surface area contributed by atoms with Crippen LogP contribution in [0.2, 0.25) is 0 Å². The second-order valence-electron chi connectivity index (χ2n) is 6.93. The SMILES string of the molecule is C=CCn1c(C)c(N2CCOCC2)c(C)c1C(=O)Nc1ccc2c(c1)OCO2. The molecule has 7 heteroatoms. The molecule has 0 aliphatic carbocycles. The number of morpholine rings is 1. The van der Waals surface area contributed by atoms with Gasteiger partial charge in [0.1, 0.15) is 5.69 Å². The highest BCUT2D eigenvalue weighted by molar-refractivity contribution is 6.05. The number of aromatic nitrogens is 1. The molecule has 0 saturated carbocycles. The molecule has 0 atom stereocenters. The van der Waals surface area contributed by atoms with Gasteiger partial charge in [0.05, 0.1) is 18.9 Å². The minimum atomic E-state index is -0.152. The van der Waals surface area contributed by atoms with Gasteiger partial charge in [-0.2, -0.15) is 0 Å². The summed E-state index contributed by atoms with van der Waals surface area (Å²) in [6, 6.07) is 5.40. The Morgan fingerprint density at radius 1 is 1.21 bits per heavy atom. The van der Waals surface area contributed by atoms with Crippen LogP contribution in [0.4, 0.5) is 11.4 Å². The van der Waals surface area contributed by atoms with Crippen molar-refractivity contribution in [3.8, 4) is 11.5 Å². The molecule has 28 heavy (non-hydrogen) atoms. The third-order valence-electron chi connectivity index (χ3n) is 5.21. The first-order chi connectivity index (χ1) is 13.6. The van der Waals surface area contributed by atoms with Crippen LogP contribution in [0.3, 0.4) is 0 Å². The van der Waals surface area contributed by atoms with Gasteiger partial charge in [0.25, 0.3) is 5.91 Å². The summed E-state index contributed by atoms with van der Waals surface area (Å²) in [5.74, 6) is 1.18. The van der Waals surface area contributed by atoms with E-state index < -0.39 is 0 Å². The molecule has 2 aliphatic rings. The van der Waals surface area contributed by atoms with Gasteiger partial charge in [-0.15, -0.1) is 6.58 Å². The summed E-state index contributed by atoms with van der Waals surface area (Å²) in [5.41, 5.74) is 4.47. The largest absolute Gasteiger partial charge is 0.454 e. The Hall–Kier alpha value is -2.93. The second kappa shape index (κ2) is 7.59. The van der Waals surface area contributed by atoms with Crippen molar-refractivity contribution in [2.24, 2.45) is 0 Å². The summed E-state index contributed by atoms with van der Waals surface area (Å²) in [7, 11) is 0. The summed E-state index contributed by atoms with van der Waals surface area (Å²) < 4.78 is 18.2.